The monoisotopic (exact) mass is 484 g/mol. The van der Waals surface area contributed by atoms with Crippen molar-refractivity contribution in [1.29, 1.82) is 0 Å². The highest BCUT2D eigenvalue weighted by Gasteiger charge is 2.09. The molecule has 9 heteroatoms. The standard InChI is InChI=1S/C27H25FN6O2/c1-18-11-21-7-8-22(36-15-28)12-25(21)34(18)10-9-29-26-13-23(30-16-32-26)19-3-5-20(6-4-19)24-14-27(35-2)33-17-31-24/h3-8,11-14,16-17H,9-10,15H2,1-2H3,(H,29,30,32). The zero-order valence-electron chi connectivity index (χ0n) is 20.0. The molecule has 0 bridgehead atoms. The fourth-order valence-electron chi connectivity index (χ4n) is 4.15. The molecule has 182 valence electrons. The van der Waals surface area contributed by atoms with Gasteiger partial charge in [0.1, 0.15) is 24.2 Å². The van der Waals surface area contributed by atoms with E-state index >= 15 is 0 Å². The van der Waals surface area contributed by atoms with Crippen molar-refractivity contribution in [2.45, 2.75) is 13.5 Å². The number of halogens is 1. The quantitative estimate of drug-likeness (QED) is 0.304. The summed E-state index contributed by atoms with van der Waals surface area (Å²) in [5.41, 5.74) is 5.66. The second-order valence-corrected chi connectivity index (χ2v) is 8.15. The third-order valence-corrected chi connectivity index (χ3v) is 5.94. The average Bonchev–Trinajstić information content (AvgIpc) is 3.23. The van der Waals surface area contributed by atoms with E-state index in [2.05, 4.69) is 42.8 Å². The van der Waals surface area contributed by atoms with Crippen LogP contribution in [0.25, 0.3) is 33.4 Å². The number of nitrogens with zero attached hydrogens (tertiary/aromatic N) is 5. The van der Waals surface area contributed by atoms with Crippen LogP contribution in [0.1, 0.15) is 5.69 Å². The molecule has 0 radical (unpaired) electrons. The van der Waals surface area contributed by atoms with Crippen LogP contribution in [0.15, 0.2) is 73.3 Å². The number of ether oxygens (including phenoxy) is 2. The summed E-state index contributed by atoms with van der Waals surface area (Å²) >= 11 is 0. The van der Waals surface area contributed by atoms with Crippen LogP contribution in [0.3, 0.4) is 0 Å². The van der Waals surface area contributed by atoms with Gasteiger partial charge in [0.05, 0.1) is 24.0 Å². The van der Waals surface area contributed by atoms with E-state index in [9.17, 15) is 4.39 Å². The Bertz CT molecular complexity index is 1490. The zero-order chi connectivity index (χ0) is 24.9. The number of hydrogen-bond acceptors (Lipinski definition) is 7. The Morgan fingerprint density at radius 3 is 2.31 bits per heavy atom. The molecule has 5 rings (SSSR count). The topological polar surface area (TPSA) is 87.0 Å². The van der Waals surface area contributed by atoms with Crippen LogP contribution >= 0.6 is 0 Å². The van der Waals surface area contributed by atoms with E-state index in [1.807, 2.05) is 42.5 Å². The summed E-state index contributed by atoms with van der Waals surface area (Å²) in [4.78, 5) is 17.2. The summed E-state index contributed by atoms with van der Waals surface area (Å²) in [5, 5.41) is 4.47. The molecule has 3 heterocycles. The summed E-state index contributed by atoms with van der Waals surface area (Å²) in [6.07, 6.45) is 3.04. The first-order valence-electron chi connectivity index (χ1n) is 11.5. The minimum Gasteiger partial charge on any atom is -0.481 e. The van der Waals surface area contributed by atoms with E-state index in [4.69, 9.17) is 9.47 Å². The fraction of sp³-hybridized carbons (Fsp3) is 0.185. The van der Waals surface area contributed by atoms with Crippen LogP contribution in [0.5, 0.6) is 11.6 Å². The van der Waals surface area contributed by atoms with Gasteiger partial charge in [-0.1, -0.05) is 24.3 Å². The third-order valence-electron chi connectivity index (χ3n) is 5.94. The van der Waals surface area contributed by atoms with Crippen molar-refractivity contribution in [2.24, 2.45) is 0 Å². The Labute approximate surface area is 207 Å². The van der Waals surface area contributed by atoms with Crippen molar-refractivity contribution >= 4 is 16.7 Å². The summed E-state index contributed by atoms with van der Waals surface area (Å²) in [6, 6.07) is 19.4. The largest absolute Gasteiger partial charge is 0.481 e. The van der Waals surface area contributed by atoms with Crippen LogP contribution in [-0.2, 0) is 6.54 Å². The second-order valence-electron chi connectivity index (χ2n) is 8.15. The van der Waals surface area contributed by atoms with Gasteiger partial charge in [-0.25, -0.2) is 24.3 Å². The molecule has 0 spiro atoms. The normalized spacial score (nSPS) is 11.0. The van der Waals surface area contributed by atoms with Crippen LogP contribution in [0.2, 0.25) is 0 Å². The van der Waals surface area contributed by atoms with Gasteiger partial charge in [0.15, 0.2) is 0 Å². The lowest BCUT2D eigenvalue weighted by atomic mass is 10.1. The molecular weight excluding hydrogens is 459 g/mol. The molecule has 36 heavy (non-hydrogen) atoms. The Balaban J connectivity index is 1.28. The van der Waals surface area contributed by atoms with E-state index in [1.54, 1.807) is 25.6 Å². The Kier molecular flexibility index (Phi) is 6.70. The highest BCUT2D eigenvalue weighted by atomic mass is 19.1. The average molecular weight is 485 g/mol. The van der Waals surface area contributed by atoms with E-state index in [0.29, 0.717) is 24.7 Å². The minimum absolute atomic E-state index is 0.516. The first-order chi connectivity index (χ1) is 17.6. The maximum atomic E-state index is 12.6. The molecule has 2 aromatic carbocycles. The van der Waals surface area contributed by atoms with Gasteiger partial charge < -0.3 is 19.4 Å². The molecule has 5 aromatic rings. The number of anilines is 1. The summed E-state index contributed by atoms with van der Waals surface area (Å²) in [6.45, 7) is 2.58. The van der Waals surface area contributed by atoms with Crippen LogP contribution in [-0.4, -0.2) is 45.0 Å². The van der Waals surface area contributed by atoms with Gasteiger partial charge in [0.2, 0.25) is 12.7 Å². The molecular formula is C27H25FN6O2. The minimum atomic E-state index is -0.846. The highest BCUT2D eigenvalue weighted by Crippen LogP contribution is 2.26. The maximum absolute atomic E-state index is 12.6. The molecule has 0 fully saturated rings. The number of rotatable bonds is 9. The van der Waals surface area contributed by atoms with E-state index in [1.165, 1.54) is 6.33 Å². The maximum Gasteiger partial charge on any atom is 0.228 e. The van der Waals surface area contributed by atoms with Gasteiger partial charge in [-0.2, -0.15) is 0 Å². The van der Waals surface area contributed by atoms with E-state index < -0.39 is 6.86 Å². The van der Waals surface area contributed by atoms with Crippen molar-refractivity contribution in [3.8, 4) is 34.1 Å². The molecule has 0 saturated carbocycles. The third kappa shape index (κ3) is 4.95. The van der Waals surface area contributed by atoms with Gasteiger partial charge in [0.25, 0.3) is 0 Å². The fourth-order valence-corrected chi connectivity index (χ4v) is 4.15. The lowest BCUT2D eigenvalue weighted by molar-refractivity contribution is 0.192. The Morgan fingerprint density at radius 2 is 1.58 bits per heavy atom. The molecule has 0 aliphatic heterocycles. The number of hydrogen-bond donors (Lipinski definition) is 1. The van der Waals surface area contributed by atoms with Gasteiger partial charge in [-0.05, 0) is 25.1 Å². The number of aryl methyl sites for hydroxylation is 1. The molecule has 1 N–H and O–H groups in total. The van der Waals surface area contributed by atoms with Crippen LogP contribution in [0, 0.1) is 6.92 Å². The Morgan fingerprint density at radius 1 is 0.861 bits per heavy atom. The van der Waals surface area contributed by atoms with Crippen LogP contribution in [0.4, 0.5) is 10.2 Å². The first kappa shape index (κ1) is 23.2. The van der Waals surface area contributed by atoms with E-state index in [-0.39, 0.29) is 0 Å². The zero-order valence-corrected chi connectivity index (χ0v) is 20.0. The predicted molar refractivity (Wildman–Crippen MR) is 137 cm³/mol. The molecule has 0 atom stereocenters. The van der Waals surface area contributed by atoms with Gasteiger partial charge in [-0.3, -0.25) is 0 Å². The summed E-state index contributed by atoms with van der Waals surface area (Å²) in [7, 11) is 1.58. The predicted octanol–water partition coefficient (Wildman–Crippen LogP) is 5.29. The van der Waals surface area contributed by atoms with Crippen LogP contribution < -0.4 is 14.8 Å². The lowest BCUT2D eigenvalue weighted by Gasteiger charge is -2.11. The van der Waals surface area contributed by atoms with Crippen molar-refractivity contribution in [2.75, 3.05) is 25.8 Å². The molecule has 8 nitrogen and oxygen atoms in total. The smallest absolute Gasteiger partial charge is 0.228 e. The lowest BCUT2D eigenvalue weighted by Crippen LogP contribution is -2.12. The summed E-state index contributed by atoms with van der Waals surface area (Å²) < 4.78 is 25.0. The molecule has 0 saturated heterocycles. The number of alkyl halides is 1. The number of fused-ring (bicyclic) bond motifs is 1. The van der Waals surface area contributed by atoms with Gasteiger partial charge in [0, 0.05) is 53.5 Å². The number of aromatic nitrogens is 5. The molecule has 3 aromatic heterocycles. The molecule has 0 aliphatic carbocycles. The van der Waals surface area contributed by atoms with Crippen molar-refractivity contribution in [3.63, 3.8) is 0 Å². The number of nitrogens with one attached hydrogen (secondary N) is 1. The number of methoxy groups -OCH3 is 1. The van der Waals surface area contributed by atoms with Crippen molar-refractivity contribution < 1.29 is 13.9 Å². The number of benzene rings is 2. The SMILES string of the molecule is COc1cc(-c2ccc(-c3cc(NCCn4c(C)cc5ccc(OCF)cc54)ncn3)cc2)ncn1. The molecule has 0 amide bonds. The Hall–Kier alpha value is -4.53. The second kappa shape index (κ2) is 10.4. The van der Waals surface area contributed by atoms with Crippen molar-refractivity contribution in [3.05, 3.63) is 79.0 Å². The van der Waals surface area contributed by atoms with Crippen molar-refractivity contribution in [1.82, 2.24) is 24.5 Å². The van der Waals surface area contributed by atoms with Gasteiger partial charge in [-0.15, -0.1) is 0 Å². The van der Waals surface area contributed by atoms with Gasteiger partial charge >= 0.3 is 0 Å². The van der Waals surface area contributed by atoms with E-state index in [0.717, 1.165) is 44.9 Å². The highest BCUT2D eigenvalue weighted by molar-refractivity contribution is 5.82. The molecule has 0 aliphatic rings. The molecule has 0 unspecified atom stereocenters. The summed E-state index contributed by atoms with van der Waals surface area (Å²) in [5.74, 6) is 1.77. The first-order valence-corrected chi connectivity index (χ1v) is 11.5.